The van der Waals surface area contributed by atoms with E-state index in [9.17, 15) is 4.39 Å². The molecule has 0 aliphatic heterocycles. The third-order valence-corrected chi connectivity index (χ3v) is 3.58. The average molecular weight is 339 g/mol. The Bertz CT molecular complexity index is 572. The lowest BCUT2D eigenvalue weighted by molar-refractivity contribution is 0.399. The van der Waals surface area contributed by atoms with Crippen molar-refractivity contribution in [2.45, 2.75) is 12.5 Å². The molecule has 1 aromatic heterocycles. The third-order valence-electron chi connectivity index (χ3n) is 3.12. The van der Waals surface area contributed by atoms with Gasteiger partial charge in [0.15, 0.2) is 0 Å². The van der Waals surface area contributed by atoms with Crippen LogP contribution in [0.1, 0.15) is 17.2 Å². The highest BCUT2D eigenvalue weighted by molar-refractivity contribution is 9.10. The number of nitrogens with zero attached hydrogens (tertiary/aromatic N) is 1. The number of hydrogen-bond donors (Lipinski definition) is 1. The van der Waals surface area contributed by atoms with Gasteiger partial charge in [0.05, 0.1) is 13.3 Å². The Morgan fingerprint density at radius 2 is 2.20 bits per heavy atom. The number of benzene rings is 1. The molecular formula is C15H16BrFN2O. The van der Waals surface area contributed by atoms with E-state index in [0.29, 0.717) is 6.42 Å². The highest BCUT2D eigenvalue weighted by Gasteiger charge is 2.15. The van der Waals surface area contributed by atoms with Crippen LogP contribution in [0.3, 0.4) is 0 Å². The summed E-state index contributed by atoms with van der Waals surface area (Å²) in [5, 5.41) is 3.23. The smallest absolute Gasteiger partial charge is 0.141 e. The minimum Gasteiger partial charge on any atom is -0.495 e. The van der Waals surface area contributed by atoms with E-state index in [2.05, 4.69) is 26.2 Å². The summed E-state index contributed by atoms with van der Waals surface area (Å²) in [5.74, 6) is 0.480. The number of methoxy groups -OCH3 is 1. The summed E-state index contributed by atoms with van der Waals surface area (Å²) in [4.78, 5) is 4.05. The molecule has 0 spiro atoms. The summed E-state index contributed by atoms with van der Waals surface area (Å²) in [6, 6.07) is 6.85. The Kier molecular flexibility index (Phi) is 5.09. The number of hydrogen-bond acceptors (Lipinski definition) is 3. The van der Waals surface area contributed by atoms with E-state index in [0.717, 1.165) is 21.3 Å². The Morgan fingerprint density at radius 1 is 1.40 bits per heavy atom. The van der Waals surface area contributed by atoms with Crippen molar-refractivity contribution in [1.82, 2.24) is 10.3 Å². The molecule has 0 fully saturated rings. The first-order valence-corrected chi connectivity index (χ1v) is 7.03. The van der Waals surface area contributed by atoms with Crippen LogP contribution in [-0.4, -0.2) is 19.1 Å². The zero-order valence-corrected chi connectivity index (χ0v) is 12.9. The van der Waals surface area contributed by atoms with Gasteiger partial charge in [-0.3, -0.25) is 4.98 Å². The van der Waals surface area contributed by atoms with Crippen LogP contribution in [0.25, 0.3) is 0 Å². The van der Waals surface area contributed by atoms with Gasteiger partial charge in [-0.05, 0) is 43.3 Å². The van der Waals surface area contributed by atoms with Gasteiger partial charge in [-0.25, -0.2) is 4.39 Å². The van der Waals surface area contributed by atoms with E-state index in [4.69, 9.17) is 4.74 Å². The molecule has 5 heteroatoms. The average Bonchev–Trinajstić information content (AvgIpc) is 2.43. The van der Waals surface area contributed by atoms with E-state index in [1.54, 1.807) is 25.6 Å². The summed E-state index contributed by atoms with van der Waals surface area (Å²) in [6.07, 6.45) is 4.07. The van der Waals surface area contributed by atoms with Crippen LogP contribution in [0.15, 0.2) is 41.1 Å². The Hall–Kier alpha value is -1.46. The first-order valence-electron chi connectivity index (χ1n) is 6.24. The van der Waals surface area contributed by atoms with Crippen molar-refractivity contribution in [3.8, 4) is 5.75 Å². The molecule has 0 aliphatic carbocycles. The molecule has 2 rings (SSSR count). The molecule has 0 aliphatic rings. The van der Waals surface area contributed by atoms with E-state index in [1.807, 2.05) is 19.2 Å². The minimum atomic E-state index is -0.245. The normalized spacial score (nSPS) is 12.2. The molecule has 0 amide bonds. The van der Waals surface area contributed by atoms with Crippen LogP contribution in [0.4, 0.5) is 4.39 Å². The number of aromatic nitrogens is 1. The lowest BCUT2D eigenvalue weighted by Crippen LogP contribution is -2.19. The van der Waals surface area contributed by atoms with Crippen molar-refractivity contribution in [1.29, 1.82) is 0 Å². The van der Waals surface area contributed by atoms with Gasteiger partial charge in [-0.15, -0.1) is 0 Å². The van der Waals surface area contributed by atoms with Crippen LogP contribution >= 0.6 is 15.9 Å². The van der Waals surface area contributed by atoms with Crippen LogP contribution in [0.5, 0.6) is 5.75 Å². The zero-order chi connectivity index (χ0) is 14.5. The third kappa shape index (κ3) is 3.55. The Balaban J connectivity index is 2.28. The molecule has 1 heterocycles. The zero-order valence-electron chi connectivity index (χ0n) is 11.4. The van der Waals surface area contributed by atoms with Crippen LogP contribution in [-0.2, 0) is 6.42 Å². The van der Waals surface area contributed by atoms with Crippen LogP contribution in [0.2, 0.25) is 0 Å². The minimum absolute atomic E-state index is 0.0293. The van der Waals surface area contributed by atoms with Gasteiger partial charge < -0.3 is 10.1 Å². The molecule has 20 heavy (non-hydrogen) atoms. The maximum absolute atomic E-state index is 13.4. The summed E-state index contributed by atoms with van der Waals surface area (Å²) in [6.45, 7) is 0. The molecule has 1 N–H and O–H groups in total. The second-order valence-electron chi connectivity index (χ2n) is 4.44. The van der Waals surface area contributed by atoms with Crippen molar-refractivity contribution in [2.24, 2.45) is 0 Å². The summed E-state index contributed by atoms with van der Waals surface area (Å²) in [7, 11) is 3.49. The maximum atomic E-state index is 13.4. The molecule has 0 bridgehead atoms. The summed E-state index contributed by atoms with van der Waals surface area (Å²) >= 11 is 3.31. The predicted octanol–water partition coefficient (Wildman–Crippen LogP) is 3.50. The van der Waals surface area contributed by atoms with Crippen molar-refractivity contribution in [3.05, 3.63) is 58.1 Å². The lowest BCUT2D eigenvalue weighted by atomic mass is 9.99. The Morgan fingerprint density at radius 3 is 2.85 bits per heavy atom. The number of likely N-dealkylation sites (N-methyl/N-ethyl adjacent to an activating group) is 1. The number of halogens is 2. The second kappa shape index (κ2) is 6.81. The first kappa shape index (κ1) is 14.9. The molecule has 2 aromatic rings. The van der Waals surface area contributed by atoms with Gasteiger partial charge in [0.1, 0.15) is 11.6 Å². The summed E-state index contributed by atoms with van der Waals surface area (Å²) in [5.41, 5.74) is 1.92. The molecule has 106 valence electrons. The fourth-order valence-electron chi connectivity index (χ4n) is 2.18. The molecular weight excluding hydrogens is 323 g/mol. The number of rotatable bonds is 5. The Labute approximate surface area is 126 Å². The van der Waals surface area contributed by atoms with Crippen molar-refractivity contribution >= 4 is 15.9 Å². The molecule has 1 aromatic carbocycles. The van der Waals surface area contributed by atoms with Gasteiger partial charge >= 0.3 is 0 Å². The monoisotopic (exact) mass is 338 g/mol. The molecule has 0 radical (unpaired) electrons. The quantitative estimate of drug-likeness (QED) is 0.905. The summed E-state index contributed by atoms with van der Waals surface area (Å²) < 4.78 is 19.5. The molecule has 3 nitrogen and oxygen atoms in total. The molecule has 0 saturated carbocycles. The van der Waals surface area contributed by atoms with Crippen LogP contribution in [0, 0.1) is 5.82 Å². The van der Waals surface area contributed by atoms with Gasteiger partial charge in [0.25, 0.3) is 0 Å². The fourth-order valence-corrected chi connectivity index (χ4v) is 2.69. The molecule has 0 saturated heterocycles. The largest absolute Gasteiger partial charge is 0.495 e. The highest BCUT2D eigenvalue weighted by atomic mass is 79.9. The van der Waals surface area contributed by atoms with E-state index in [1.165, 1.54) is 6.07 Å². The highest BCUT2D eigenvalue weighted by Crippen LogP contribution is 2.27. The van der Waals surface area contributed by atoms with E-state index in [-0.39, 0.29) is 11.9 Å². The van der Waals surface area contributed by atoms with Gasteiger partial charge in [0.2, 0.25) is 0 Å². The number of pyridine rings is 1. The SMILES string of the molecule is CNC(Cc1cc(F)cc(Br)c1)c1ccncc1OC. The van der Waals surface area contributed by atoms with Gasteiger partial charge in [-0.2, -0.15) is 0 Å². The molecule has 1 atom stereocenters. The standard InChI is InChI=1S/C15H16BrFN2O/c1-18-14(13-3-4-19-9-15(13)20-2)7-10-5-11(16)8-12(17)6-10/h3-6,8-9,14,18H,7H2,1-2H3. The molecule has 1 unspecified atom stereocenters. The number of ether oxygens (including phenoxy) is 1. The second-order valence-corrected chi connectivity index (χ2v) is 5.36. The maximum Gasteiger partial charge on any atom is 0.141 e. The predicted molar refractivity (Wildman–Crippen MR) is 80.4 cm³/mol. The lowest BCUT2D eigenvalue weighted by Gasteiger charge is -2.19. The van der Waals surface area contributed by atoms with Crippen molar-refractivity contribution in [2.75, 3.05) is 14.2 Å². The first-order chi connectivity index (χ1) is 9.63. The van der Waals surface area contributed by atoms with Gasteiger partial charge in [-0.1, -0.05) is 15.9 Å². The van der Waals surface area contributed by atoms with Crippen molar-refractivity contribution < 1.29 is 9.13 Å². The fraction of sp³-hybridized carbons (Fsp3) is 0.267. The van der Waals surface area contributed by atoms with Gasteiger partial charge in [0, 0.05) is 22.3 Å². The number of nitrogens with one attached hydrogen (secondary N) is 1. The van der Waals surface area contributed by atoms with Crippen LogP contribution < -0.4 is 10.1 Å². The van der Waals surface area contributed by atoms with E-state index >= 15 is 0 Å². The van der Waals surface area contributed by atoms with Crippen molar-refractivity contribution in [3.63, 3.8) is 0 Å². The van der Waals surface area contributed by atoms with E-state index < -0.39 is 0 Å². The topological polar surface area (TPSA) is 34.2 Å².